The van der Waals surface area contributed by atoms with Crippen molar-refractivity contribution in [2.24, 2.45) is 0 Å². The number of rotatable bonds is 7. The first-order valence-electron chi connectivity index (χ1n) is 9.08. The van der Waals surface area contributed by atoms with E-state index < -0.39 is 13.2 Å². The zero-order valence-electron chi connectivity index (χ0n) is 16.1. The lowest BCUT2D eigenvalue weighted by Crippen LogP contribution is -2.34. The number of allylic oxidation sites excluding steroid dienone is 1. The molecule has 0 heterocycles. The molecule has 0 aliphatic heterocycles. The summed E-state index contributed by atoms with van der Waals surface area (Å²) in [5.41, 5.74) is 0. The van der Waals surface area contributed by atoms with Gasteiger partial charge >= 0.3 is 5.97 Å². The fourth-order valence-electron chi connectivity index (χ4n) is 3.36. The zero-order chi connectivity index (χ0) is 19.8. The molecule has 142 valence electrons. The Morgan fingerprint density at radius 2 is 1.11 bits per heavy atom. The van der Waals surface area contributed by atoms with Crippen molar-refractivity contribution >= 4 is 29.1 Å². The SMILES string of the molecule is COC(=O)/C=C(/C[P+](c1ccccc1)(c1ccccc1)c1ccccc1)OC. The van der Waals surface area contributed by atoms with Gasteiger partial charge in [0.05, 0.1) is 20.3 Å². The van der Waals surface area contributed by atoms with Gasteiger partial charge in [-0.3, -0.25) is 0 Å². The fraction of sp³-hybridized carbons (Fsp3) is 0.125. The summed E-state index contributed by atoms with van der Waals surface area (Å²) >= 11 is 0. The van der Waals surface area contributed by atoms with Crippen molar-refractivity contribution in [2.75, 3.05) is 20.4 Å². The van der Waals surface area contributed by atoms with Crippen LogP contribution in [0.1, 0.15) is 0 Å². The summed E-state index contributed by atoms with van der Waals surface area (Å²) in [6.45, 7) is 0. The minimum Gasteiger partial charge on any atom is -0.497 e. The van der Waals surface area contributed by atoms with Crippen molar-refractivity contribution < 1.29 is 14.3 Å². The van der Waals surface area contributed by atoms with Gasteiger partial charge in [-0.15, -0.1) is 0 Å². The molecule has 4 heteroatoms. The highest BCUT2D eigenvalue weighted by molar-refractivity contribution is 7.95. The molecule has 3 aromatic rings. The summed E-state index contributed by atoms with van der Waals surface area (Å²) in [5, 5.41) is 3.71. The van der Waals surface area contributed by atoms with Crippen LogP contribution in [0.5, 0.6) is 0 Å². The lowest BCUT2D eigenvalue weighted by atomic mass is 10.3. The monoisotopic (exact) mass is 391 g/mol. The molecule has 0 bridgehead atoms. The van der Waals surface area contributed by atoms with Gasteiger partial charge in [0, 0.05) is 0 Å². The Morgan fingerprint density at radius 1 is 0.714 bits per heavy atom. The first-order valence-corrected chi connectivity index (χ1v) is 11.1. The van der Waals surface area contributed by atoms with Gasteiger partial charge in [0.15, 0.2) is 0 Å². The van der Waals surface area contributed by atoms with E-state index in [-0.39, 0.29) is 0 Å². The summed E-state index contributed by atoms with van der Waals surface area (Å²) in [5.74, 6) is 0.195. The van der Waals surface area contributed by atoms with E-state index in [1.807, 2.05) is 18.2 Å². The van der Waals surface area contributed by atoms with Gasteiger partial charge < -0.3 is 9.47 Å². The van der Waals surface area contributed by atoms with Crippen LogP contribution >= 0.6 is 7.26 Å². The summed E-state index contributed by atoms with van der Waals surface area (Å²) in [6, 6.07) is 31.4. The van der Waals surface area contributed by atoms with E-state index >= 15 is 0 Å². The first-order chi connectivity index (χ1) is 13.7. The van der Waals surface area contributed by atoms with Crippen molar-refractivity contribution in [1.29, 1.82) is 0 Å². The lowest BCUT2D eigenvalue weighted by molar-refractivity contribution is -0.135. The third-order valence-electron chi connectivity index (χ3n) is 4.73. The van der Waals surface area contributed by atoms with Crippen LogP contribution in [-0.2, 0) is 14.3 Å². The molecule has 0 saturated carbocycles. The standard InChI is InChI=1S/C24H24O3P/c1-26-20(18-24(25)27-2)19-28(21-12-6-3-7-13-21,22-14-8-4-9-15-22)23-16-10-5-11-17-23/h3-18H,19H2,1-2H3/q+1/b20-18-. The predicted molar refractivity (Wildman–Crippen MR) is 117 cm³/mol. The van der Waals surface area contributed by atoms with Crippen LogP contribution in [0, 0.1) is 0 Å². The minimum absolute atomic E-state index is 0.413. The van der Waals surface area contributed by atoms with E-state index in [1.165, 1.54) is 29.1 Å². The quantitative estimate of drug-likeness (QED) is 0.267. The van der Waals surface area contributed by atoms with Crippen molar-refractivity contribution in [2.45, 2.75) is 0 Å². The van der Waals surface area contributed by atoms with Gasteiger partial charge in [0.2, 0.25) is 0 Å². The van der Waals surface area contributed by atoms with Gasteiger partial charge in [0.25, 0.3) is 0 Å². The lowest BCUT2D eigenvalue weighted by Gasteiger charge is -2.28. The Kier molecular flexibility index (Phi) is 6.62. The van der Waals surface area contributed by atoms with E-state index in [0.29, 0.717) is 11.9 Å². The Balaban J connectivity index is 2.28. The van der Waals surface area contributed by atoms with Crippen LogP contribution in [0.25, 0.3) is 0 Å². The van der Waals surface area contributed by atoms with E-state index in [9.17, 15) is 4.79 Å². The molecule has 0 atom stereocenters. The van der Waals surface area contributed by atoms with Crippen LogP contribution in [0.4, 0.5) is 0 Å². The average molecular weight is 391 g/mol. The normalized spacial score (nSPS) is 11.7. The number of benzene rings is 3. The number of hydrogen-bond acceptors (Lipinski definition) is 3. The largest absolute Gasteiger partial charge is 0.497 e. The third-order valence-corrected chi connectivity index (χ3v) is 9.05. The number of ether oxygens (including phenoxy) is 2. The number of hydrogen-bond donors (Lipinski definition) is 0. The molecule has 3 nitrogen and oxygen atoms in total. The Hall–Kier alpha value is -2.90. The number of esters is 1. The van der Waals surface area contributed by atoms with Crippen molar-refractivity contribution in [3.8, 4) is 0 Å². The summed E-state index contributed by atoms with van der Waals surface area (Å²) < 4.78 is 10.5. The Morgan fingerprint density at radius 3 is 1.43 bits per heavy atom. The van der Waals surface area contributed by atoms with Crippen molar-refractivity contribution in [3.63, 3.8) is 0 Å². The number of methoxy groups -OCH3 is 2. The molecule has 0 saturated heterocycles. The van der Waals surface area contributed by atoms with Crippen LogP contribution in [0.15, 0.2) is 103 Å². The second-order valence-corrected chi connectivity index (χ2v) is 9.80. The summed E-state index contributed by atoms with van der Waals surface area (Å²) in [7, 11) is 0.883. The second-order valence-electron chi connectivity index (χ2n) is 6.31. The topological polar surface area (TPSA) is 35.5 Å². The molecular formula is C24H24O3P+. The Bertz CT molecular complexity index is 825. The summed E-state index contributed by atoms with van der Waals surface area (Å²) in [4.78, 5) is 11.9. The molecule has 0 aromatic heterocycles. The molecule has 0 amide bonds. The maximum atomic E-state index is 11.9. The zero-order valence-corrected chi connectivity index (χ0v) is 17.0. The van der Waals surface area contributed by atoms with Gasteiger partial charge in [0.1, 0.15) is 35.1 Å². The van der Waals surface area contributed by atoms with Gasteiger partial charge in [-0.25, -0.2) is 4.79 Å². The van der Waals surface area contributed by atoms with Crippen molar-refractivity contribution in [3.05, 3.63) is 103 Å². The van der Waals surface area contributed by atoms with Crippen molar-refractivity contribution in [1.82, 2.24) is 0 Å². The van der Waals surface area contributed by atoms with E-state index in [2.05, 4.69) is 72.8 Å². The van der Waals surface area contributed by atoms with Crippen LogP contribution in [-0.4, -0.2) is 26.4 Å². The molecular weight excluding hydrogens is 367 g/mol. The number of carbonyl (C=O) groups is 1. The Labute approximate surface area is 167 Å². The van der Waals surface area contributed by atoms with Crippen LogP contribution in [0.2, 0.25) is 0 Å². The van der Waals surface area contributed by atoms with Crippen LogP contribution < -0.4 is 15.9 Å². The average Bonchev–Trinajstić information content (AvgIpc) is 2.78. The molecule has 0 N–H and O–H groups in total. The van der Waals surface area contributed by atoms with Crippen LogP contribution in [0.3, 0.4) is 0 Å². The molecule has 28 heavy (non-hydrogen) atoms. The number of carbonyl (C=O) groups excluding carboxylic acids is 1. The highest BCUT2D eigenvalue weighted by atomic mass is 31.2. The minimum atomic E-state index is -2.09. The van der Waals surface area contributed by atoms with Gasteiger partial charge in [-0.05, 0) is 36.4 Å². The molecule has 3 aromatic carbocycles. The molecule has 0 aliphatic carbocycles. The van der Waals surface area contributed by atoms with E-state index in [1.54, 1.807) is 7.11 Å². The fourth-order valence-corrected chi connectivity index (χ4v) is 7.54. The van der Waals surface area contributed by atoms with E-state index in [4.69, 9.17) is 9.47 Å². The smallest absolute Gasteiger partial charge is 0.334 e. The maximum Gasteiger partial charge on any atom is 0.334 e. The molecule has 0 aliphatic rings. The molecule has 0 unspecified atom stereocenters. The third kappa shape index (κ3) is 4.16. The molecule has 3 rings (SSSR count). The summed E-state index contributed by atoms with van der Waals surface area (Å²) in [6.07, 6.45) is 2.04. The molecule has 0 fully saturated rings. The molecule has 0 spiro atoms. The van der Waals surface area contributed by atoms with Gasteiger partial charge in [-0.2, -0.15) is 0 Å². The maximum absolute atomic E-state index is 11.9. The highest BCUT2D eigenvalue weighted by Crippen LogP contribution is 2.56. The molecule has 0 radical (unpaired) electrons. The highest BCUT2D eigenvalue weighted by Gasteiger charge is 2.46. The second kappa shape index (κ2) is 9.34. The predicted octanol–water partition coefficient (Wildman–Crippen LogP) is 3.68. The van der Waals surface area contributed by atoms with E-state index in [0.717, 1.165) is 0 Å². The first kappa shape index (κ1) is 19.9. The van der Waals surface area contributed by atoms with Gasteiger partial charge in [-0.1, -0.05) is 54.6 Å².